The van der Waals surface area contributed by atoms with Crippen molar-refractivity contribution in [2.45, 2.75) is 13.0 Å². The number of nitrogens with one attached hydrogen (secondary N) is 2. The molecule has 1 unspecified atom stereocenters. The molecule has 2 N–H and O–H groups in total. The smallest absolute Gasteiger partial charge is 0.332 e. The Hall–Kier alpha value is -3.03. The molecule has 0 radical (unpaired) electrons. The molecule has 2 aromatic rings. The van der Waals surface area contributed by atoms with E-state index < -0.39 is 23.3 Å². The number of carbonyl (C=O) groups is 1. The third kappa shape index (κ3) is 3.79. The van der Waals surface area contributed by atoms with Crippen LogP contribution in [0.25, 0.3) is 0 Å². The fourth-order valence-corrected chi connectivity index (χ4v) is 1.84. The van der Waals surface area contributed by atoms with Crippen molar-refractivity contribution < 1.29 is 9.53 Å². The van der Waals surface area contributed by atoms with E-state index in [0.717, 1.165) is 4.57 Å². The van der Waals surface area contributed by atoms with Crippen LogP contribution in [0.1, 0.15) is 6.92 Å². The molecule has 1 atom stereocenters. The number of nitrogens with zero attached hydrogens (tertiary/aromatic N) is 2. The van der Waals surface area contributed by atoms with Gasteiger partial charge in [-0.3, -0.25) is 29.6 Å². The molecule has 2 rings (SSSR count). The zero-order valence-electron chi connectivity index (χ0n) is 13.1. The highest BCUT2D eigenvalue weighted by atomic mass is 16.5. The lowest BCUT2D eigenvalue weighted by Crippen LogP contribution is -2.43. The van der Waals surface area contributed by atoms with E-state index in [0.29, 0.717) is 5.75 Å². The highest BCUT2D eigenvalue weighted by molar-refractivity contribution is 5.81. The Kier molecular flexibility index (Phi) is 4.85. The van der Waals surface area contributed by atoms with Crippen molar-refractivity contribution in [2.75, 3.05) is 5.43 Å². The zero-order valence-corrected chi connectivity index (χ0v) is 13.1. The van der Waals surface area contributed by atoms with Gasteiger partial charge in [-0.15, -0.1) is 0 Å². The highest BCUT2D eigenvalue weighted by Gasteiger charge is 2.15. The number of amides is 1. The van der Waals surface area contributed by atoms with Crippen molar-refractivity contribution in [3.8, 4) is 5.75 Å². The number of hydrazine groups is 1. The summed E-state index contributed by atoms with van der Waals surface area (Å²) >= 11 is 0. The van der Waals surface area contributed by atoms with E-state index >= 15 is 0 Å². The number of hydrogen-bond acceptors (Lipinski definition) is 5. The lowest BCUT2D eigenvalue weighted by molar-refractivity contribution is -0.126. The maximum atomic E-state index is 12.0. The first kappa shape index (κ1) is 16.3. The monoisotopic (exact) mass is 318 g/mol. The van der Waals surface area contributed by atoms with Gasteiger partial charge < -0.3 is 4.74 Å². The fraction of sp³-hybridized carbons (Fsp3) is 0.267. The molecule has 0 saturated carbocycles. The van der Waals surface area contributed by atoms with Gasteiger partial charge in [0.1, 0.15) is 11.6 Å². The first-order valence-corrected chi connectivity index (χ1v) is 6.95. The molecule has 23 heavy (non-hydrogen) atoms. The molecule has 8 heteroatoms. The lowest BCUT2D eigenvalue weighted by atomic mass is 10.3. The molecule has 0 saturated heterocycles. The predicted molar refractivity (Wildman–Crippen MR) is 85.2 cm³/mol. The van der Waals surface area contributed by atoms with Crippen LogP contribution in [0.15, 0.2) is 46.0 Å². The summed E-state index contributed by atoms with van der Waals surface area (Å²) in [5, 5.41) is 0. The fourth-order valence-electron chi connectivity index (χ4n) is 1.84. The van der Waals surface area contributed by atoms with Gasteiger partial charge in [0.15, 0.2) is 6.10 Å². The third-order valence-electron chi connectivity index (χ3n) is 3.27. The van der Waals surface area contributed by atoms with Crippen LogP contribution in [0, 0.1) is 0 Å². The van der Waals surface area contributed by atoms with Gasteiger partial charge in [-0.05, 0) is 19.1 Å². The van der Waals surface area contributed by atoms with Gasteiger partial charge in [-0.1, -0.05) is 18.2 Å². The van der Waals surface area contributed by atoms with Crippen LogP contribution in [-0.4, -0.2) is 21.1 Å². The number of aromatic nitrogens is 2. The number of anilines is 1. The summed E-state index contributed by atoms with van der Waals surface area (Å²) in [6.45, 7) is 1.59. The molecule has 0 fully saturated rings. The Morgan fingerprint density at radius 1 is 1.13 bits per heavy atom. The maximum absolute atomic E-state index is 12.0. The number of para-hydroxylation sites is 1. The topological polar surface area (TPSA) is 94.4 Å². The Labute approximate surface area is 132 Å². The van der Waals surface area contributed by atoms with Crippen molar-refractivity contribution >= 4 is 11.7 Å². The molecular weight excluding hydrogens is 300 g/mol. The van der Waals surface area contributed by atoms with Gasteiger partial charge in [0, 0.05) is 20.2 Å². The molecule has 0 aliphatic carbocycles. The van der Waals surface area contributed by atoms with Gasteiger partial charge in [0.05, 0.1) is 0 Å². The summed E-state index contributed by atoms with van der Waals surface area (Å²) in [5.74, 6) is 0.302. The van der Waals surface area contributed by atoms with Gasteiger partial charge in [-0.2, -0.15) is 0 Å². The van der Waals surface area contributed by atoms with Gasteiger partial charge in [0.25, 0.3) is 11.5 Å². The standard InChI is InChI=1S/C15H18N4O4/c1-10(23-11-7-5-4-6-8-11)14(21)17-16-12-9-13(20)19(3)15(22)18(12)2/h4-10,16H,1-3H3,(H,17,21). The van der Waals surface area contributed by atoms with Crippen LogP contribution >= 0.6 is 0 Å². The van der Waals surface area contributed by atoms with E-state index in [1.54, 1.807) is 31.2 Å². The molecule has 0 bridgehead atoms. The van der Waals surface area contributed by atoms with Crippen LogP contribution in [0.5, 0.6) is 5.75 Å². The molecule has 0 spiro atoms. The molecule has 1 amide bonds. The average molecular weight is 318 g/mol. The van der Waals surface area contributed by atoms with E-state index in [1.165, 1.54) is 24.7 Å². The second-order valence-electron chi connectivity index (χ2n) is 4.96. The minimum atomic E-state index is -0.756. The van der Waals surface area contributed by atoms with Crippen LogP contribution in [0.2, 0.25) is 0 Å². The first-order valence-electron chi connectivity index (χ1n) is 6.95. The second kappa shape index (κ2) is 6.82. The van der Waals surface area contributed by atoms with Crippen molar-refractivity contribution in [1.82, 2.24) is 14.6 Å². The molecule has 0 aliphatic heterocycles. The van der Waals surface area contributed by atoms with E-state index in [9.17, 15) is 14.4 Å². The minimum Gasteiger partial charge on any atom is -0.481 e. The van der Waals surface area contributed by atoms with Gasteiger partial charge in [0.2, 0.25) is 0 Å². The number of carbonyl (C=O) groups excluding carboxylic acids is 1. The Morgan fingerprint density at radius 2 is 1.78 bits per heavy atom. The lowest BCUT2D eigenvalue weighted by Gasteiger charge is -2.16. The average Bonchev–Trinajstić information content (AvgIpc) is 2.55. The Morgan fingerprint density at radius 3 is 2.43 bits per heavy atom. The largest absolute Gasteiger partial charge is 0.481 e. The van der Waals surface area contributed by atoms with Crippen molar-refractivity contribution in [3.63, 3.8) is 0 Å². The predicted octanol–water partition coefficient (Wildman–Crippen LogP) is -0.00540. The molecule has 1 heterocycles. The van der Waals surface area contributed by atoms with E-state index in [4.69, 9.17) is 4.74 Å². The van der Waals surface area contributed by atoms with Crippen molar-refractivity contribution in [3.05, 3.63) is 57.2 Å². The van der Waals surface area contributed by atoms with Crippen molar-refractivity contribution in [1.29, 1.82) is 0 Å². The van der Waals surface area contributed by atoms with E-state index in [1.807, 2.05) is 6.07 Å². The SMILES string of the molecule is CC(Oc1ccccc1)C(=O)NNc1cc(=O)n(C)c(=O)n1C. The maximum Gasteiger partial charge on any atom is 0.332 e. The summed E-state index contributed by atoms with van der Waals surface area (Å²) in [5.41, 5.74) is 4.00. The molecular formula is C15H18N4O4. The van der Waals surface area contributed by atoms with Crippen LogP contribution in [-0.2, 0) is 18.9 Å². The summed E-state index contributed by atoms with van der Waals surface area (Å²) < 4.78 is 7.65. The normalized spacial score (nSPS) is 11.6. The highest BCUT2D eigenvalue weighted by Crippen LogP contribution is 2.10. The summed E-state index contributed by atoms with van der Waals surface area (Å²) in [6, 6.07) is 10.1. The first-order chi connectivity index (χ1) is 10.9. The number of hydrogen-bond donors (Lipinski definition) is 2. The second-order valence-corrected chi connectivity index (χ2v) is 4.96. The Balaban J connectivity index is 2.02. The van der Waals surface area contributed by atoms with Crippen LogP contribution < -0.4 is 26.8 Å². The molecule has 1 aromatic carbocycles. The third-order valence-corrected chi connectivity index (χ3v) is 3.27. The zero-order chi connectivity index (χ0) is 17.0. The minimum absolute atomic E-state index is 0.179. The molecule has 8 nitrogen and oxygen atoms in total. The van der Waals surface area contributed by atoms with E-state index in [-0.39, 0.29) is 5.82 Å². The summed E-state index contributed by atoms with van der Waals surface area (Å²) in [6.07, 6.45) is -0.756. The molecule has 0 aliphatic rings. The quantitative estimate of drug-likeness (QED) is 0.757. The molecule has 1 aromatic heterocycles. The number of benzene rings is 1. The van der Waals surface area contributed by atoms with Gasteiger partial charge >= 0.3 is 5.69 Å². The Bertz CT molecular complexity index is 810. The van der Waals surface area contributed by atoms with E-state index in [2.05, 4.69) is 10.9 Å². The number of ether oxygens (including phenoxy) is 1. The van der Waals surface area contributed by atoms with Gasteiger partial charge in [-0.25, -0.2) is 4.79 Å². The number of rotatable bonds is 5. The van der Waals surface area contributed by atoms with Crippen LogP contribution in [0.4, 0.5) is 5.82 Å². The van der Waals surface area contributed by atoms with Crippen molar-refractivity contribution in [2.24, 2.45) is 14.1 Å². The summed E-state index contributed by atoms with van der Waals surface area (Å²) in [4.78, 5) is 35.4. The molecule has 122 valence electrons. The van der Waals surface area contributed by atoms with Crippen LogP contribution in [0.3, 0.4) is 0 Å². The summed E-state index contributed by atoms with van der Waals surface area (Å²) in [7, 11) is 2.86.